The Morgan fingerprint density at radius 2 is 1.02 bits per heavy atom. The zero-order valence-electron chi connectivity index (χ0n) is 36.3. The summed E-state index contributed by atoms with van der Waals surface area (Å²) in [4.78, 5) is 25.9. The molecule has 0 heterocycles. The molecule has 0 radical (unpaired) electrons. The van der Waals surface area contributed by atoms with Gasteiger partial charge in [0.15, 0.2) is 0 Å². The van der Waals surface area contributed by atoms with Crippen molar-refractivity contribution in [3.05, 3.63) is 48.6 Å². The van der Waals surface area contributed by atoms with E-state index in [4.69, 9.17) is 4.74 Å². The maximum atomic E-state index is 13.1. The van der Waals surface area contributed by atoms with Gasteiger partial charge in [0.25, 0.3) is 0 Å². The third-order valence-corrected chi connectivity index (χ3v) is 10.4. The second-order valence-corrected chi connectivity index (χ2v) is 15.8. The van der Waals surface area contributed by atoms with Gasteiger partial charge < -0.3 is 20.3 Å². The summed E-state index contributed by atoms with van der Waals surface area (Å²) >= 11 is 0. The molecule has 55 heavy (non-hydrogen) atoms. The first-order chi connectivity index (χ1) is 27.0. The molecule has 3 atom stereocenters. The van der Waals surface area contributed by atoms with Crippen molar-refractivity contribution in [1.82, 2.24) is 5.32 Å². The summed E-state index contributed by atoms with van der Waals surface area (Å²) in [6.07, 6.45) is 50.6. The number of allylic oxidation sites excluding steroid dienone is 7. The Kier molecular flexibility index (Phi) is 41.2. The molecular weight excluding hydrogens is 683 g/mol. The highest BCUT2D eigenvalue weighted by atomic mass is 16.5. The monoisotopic (exact) mass is 772 g/mol. The van der Waals surface area contributed by atoms with Crippen LogP contribution >= 0.6 is 0 Å². The second kappa shape index (κ2) is 43.0. The van der Waals surface area contributed by atoms with Gasteiger partial charge in [0.1, 0.15) is 6.10 Å². The van der Waals surface area contributed by atoms with Gasteiger partial charge in [-0.3, -0.25) is 9.59 Å². The number of ether oxygens (including phenoxy) is 1. The molecule has 6 nitrogen and oxygen atoms in total. The molecule has 0 aromatic rings. The first kappa shape index (κ1) is 52.8. The van der Waals surface area contributed by atoms with Crippen molar-refractivity contribution >= 4 is 11.9 Å². The van der Waals surface area contributed by atoms with E-state index < -0.39 is 18.2 Å². The standard InChI is InChI=1S/C49H89NO5/c1-4-7-10-13-16-19-21-22-23-24-25-27-30-33-36-39-42-49(54)55-45(40-37-34-31-29-26-20-17-14-11-8-5-2)43-48(53)50-46(44-51)47(52)41-38-35-32-28-18-15-12-9-6-3/h23-25,27,29,31,37,40,45-47,51-52H,4-22,26,28,30,32-36,38-39,41-44H2,1-3H3,(H,50,53)/b24-23+,27-25+,31-29-,40-37+. The Bertz CT molecular complexity index is 957. The lowest BCUT2D eigenvalue weighted by atomic mass is 10.0. The fourth-order valence-corrected chi connectivity index (χ4v) is 6.80. The summed E-state index contributed by atoms with van der Waals surface area (Å²) < 4.78 is 5.79. The van der Waals surface area contributed by atoms with Crippen LogP contribution in [0, 0.1) is 0 Å². The van der Waals surface area contributed by atoms with Gasteiger partial charge in [-0.1, -0.05) is 198 Å². The van der Waals surface area contributed by atoms with Crippen LogP contribution in [0.5, 0.6) is 0 Å². The number of carbonyl (C=O) groups excluding carboxylic acids is 2. The molecule has 0 saturated heterocycles. The van der Waals surface area contributed by atoms with E-state index in [0.29, 0.717) is 19.3 Å². The van der Waals surface area contributed by atoms with Crippen molar-refractivity contribution in [3.63, 3.8) is 0 Å². The van der Waals surface area contributed by atoms with Crippen LogP contribution in [0.4, 0.5) is 0 Å². The average molecular weight is 772 g/mol. The van der Waals surface area contributed by atoms with Crippen LogP contribution in [0.1, 0.15) is 226 Å². The van der Waals surface area contributed by atoms with Gasteiger partial charge in [-0.2, -0.15) is 0 Å². The zero-order valence-corrected chi connectivity index (χ0v) is 36.3. The number of aliphatic hydroxyl groups excluding tert-OH is 2. The summed E-state index contributed by atoms with van der Waals surface area (Å²) in [7, 11) is 0. The van der Waals surface area contributed by atoms with Crippen molar-refractivity contribution in [2.24, 2.45) is 0 Å². The molecule has 0 aromatic heterocycles. The minimum absolute atomic E-state index is 0.0394. The molecule has 1 amide bonds. The van der Waals surface area contributed by atoms with Gasteiger partial charge in [0.2, 0.25) is 5.91 Å². The van der Waals surface area contributed by atoms with Gasteiger partial charge in [0, 0.05) is 6.42 Å². The minimum Gasteiger partial charge on any atom is -0.458 e. The summed E-state index contributed by atoms with van der Waals surface area (Å²) in [5.74, 6) is -0.636. The van der Waals surface area contributed by atoms with Crippen LogP contribution in [0.25, 0.3) is 0 Å². The Labute approximate surface area is 340 Å². The Hall–Kier alpha value is -2.18. The number of hydrogen-bond acceptors (Lipinski definition) is 5. The van der Waals surface area contributed by atoms with Crippen LogP contribution in [0.15, 0.2) is 48.6 Å². The lowest BCUT2D eigenvalue weighted by molar-refractivity contribution is -0.148. The lowest BCUT2D eigenvalue weighted by Gasteiger charge is -2.23. The number of unbranched alkanes of at least 4 members (excludes halogenated alkanes) is 24. The van der Waals surface area contributed by atoms with E-state index in [1.807, 2.05) is 12.2 Å². The smallest absolute Gasteiger partial charge is 0.306 e. The normalized spacial score (nSPS) is 13.8. The van der Waals surface area contributed by atoms with Crippen LogP contribution in [-0.2, 0) is 14.3 Å². The molecule has 0 aromatic carbocycles. The van der Waals surface area contributed by atoms with E-state index in [1.54, 1.807) is 0 Å². The summed E-state index contributed by atoms with van der Waals surface area (Å²) in [5, 5.41) is 23.5. The molecule has 0 fully saturated rings. The van der Waals surface area contributed by atoms with E-state index in [-0.39, 0.29) is 24.9 Å². The van der Waals surface area contributed by atoms with Crippen LogP contribution in [0.3, 0.4) is 0 Å². The van der Waals surface area contributed by atoms with E-state index >= 15 is 0 Å². The van der Waals surface area contributed by atoms with Crippen LogP contribution in [0.2, 0.25) is 0 Å². The predicted molar refractivity (Wildman–Crippen MR) is 236 cm³/mol. The first-order valence-corrected chi connectivity index (χ1v) is 23.4. The summed E-state index contributed by atoms with van der Waals surface area (Å²) in [5.41, 5.74) is 0. The second-order valence-electron chi connectivity index (χ2n) is 15.8. The highest BCUT2D eigenvalue weighted by molar-refractivity contribution is 5.78. The lowest BCUT2D eigenvalue weighted by Crippen LogP contribution is -2.46. The maximum Gasteiger partial charge on any atom is 0.306 e. The quantitative estimate of drug-likeness (QED) is 0.0249. The molecule has 0 aliphatic heterocycles. The highest BCUT2D eigenvalue weighted by Crippen LogP contribution is 2.15. The van der Waals surface area contributed by atoms with Crippen molar-refractivity contribution in [2.45, 2.75) is 244 Å². The number of hydrogen-bond donors (Lipinski definition) is 3. The highest BCUT2D eigenvalue weighted by Gasteiger charge is 2.23. The number of aliphatic hydroxyl groups is 2. The average Bonchev–Trinajstić information content (AvgIpc) is 3.18. The Morgan fingerprint density at radius 3 is 1.53 bits per heavy atom. The predicted octanol–water partition coefficient (Wildman–Crippen LogP) is 13.5. The van der Waals surface area contributed by atoms with Crippen LogP contribution < -0.4 is 5.32 Å². The third-order valence-electron chi connectivity index (χ3n) is 10.4. The van der Waals surface area contributed by atoms with E-state index in [1.165, 1.54) is 122 Å². The number of rotatable bonds is 41. The van der Waals surface area contributed by atoms with Gasteiger partial charge in [-0.05, 0) is 63.9 Å². The largest absolute Gasteiger partial charge is 0.458 e. The number of amides is 1. The van der Waals surface area contributed by atoms with Gasteiger partial charge in [-0.25, -0.2) is 0 Å². The van der Waals surface area contributed by atoms with Crippen molar-refractivity contribution in [3.8, 4) is 0 Å². The molecule has 6 heteroatoms. The van der Waals surface area contributed by atoms with Gasteiger partial charge in [-0.15, -0.1) is 0 Å². The topological polar surface area (TPSA) is 95.9 Å². The molecular formula is C49H89NO5. The minimum atomic E-state index is -0.812. The SMILES string of the molecule is CCCCCCCC/C=C\C/C=C/C(CC(=O)NC(CO)C(O)CCCCCCCCCCC)OC(=O)CCCCC/C=C/C=C/CCCCCCCCC. The van der Waals surface area contributed by atoms with E-state index in [0.717, 1.165) is 57.8 Å². The number of carbonyl (C=O) groups is 2. The summed E-state index contributed by atoms with van der Waals surface area (Å²) in [6, 6.07) is -0.735. The van der Waals surface area contributed by atoms with E-state index in [9.17, 15) is 19.8 Å². The molecule has 0 spiro atoms. The molecule has 0 rings (SSSR count). The molecule has 0 bridgehead atoms. The van der Waals surface area contributed by atoms with Crippen LogP contribution in [-0.4, -0.2) is 46.9 Å². The van der Waals surface area contributed by atoms with Gasteiger partial charge >= 0.3 is 5.97 Å². The molecule has 3 N–H and O–H groups in total. The molecule has 3 unspecified atom stereocenters. The molecule has 0 aliphatic carbocycles. The number of esters is 1. The molecule has 0 aliphatic rings. The van der Waals surface area contributed by atoms with Crippen molar-refractivity contribution < 1.29 is 24.5 Å². The zero-order chi connectivity index (χ0) is 40.3. The fraction of sp³-hybridized carbons (Fsp3) is 0.796. The molecule has 320 valence electrons. The van der Waals surface area contributed by atoms with E-state index in [2.05, 4.69) is 62.5 Å². The Balaban J connectivity index is 4.69. The first-order valence-electron chi connectivity index (χ1n) is 23.4. The van der Waals surface area contributed by atoms with Crippen molar-refractivity contribution in [2.75, 3.05) is 6.61 Å². The number of nitrogens with one attached hydrogen (secondary N) is 1. The van der Waals surface area contributed by atoms with Crippen molar-refractivity contribution in [1.29, 1.82) is 0 Å². The Morgan fingerprint density at radius 1 is 0.564 bits per heavy atom. The van der Waals surface area contributed by atoms with Gasteiger partial charge in [0.05, 0.1) is 25.2 Å². The fourth-order valence-electron chi connectivity index (χ4n) is 6.80. The molecule has 0 saturated carbocycles. The third kappa shape index (κ3) is 38.5. The summed E-state index contributed by atoms with van der Waals surface area (Å²) in [6.45, 7) is 6.40. The maximum absolute atomic E-state index is 13.1.